The highest BCUT2D eigenvalue weighted by Crippen LogP contribution is 2.14. The van der Waals surface area contributed by atoms with E-state index in [1.807, 2.05) is 0 Å². The Balaban J connectivity index is 2.26. The largest absolute Gasteiger partial charge is 0.383 e. The summed E-state index contributed by atoms with van der Waals surface area (Å²) in [5, 5.41) is 3.63. The summed E-state index contributed by atoms with van der Waals surface area (Å²) in [6.45, 7) is 6.04. The average molecular weight is 201 g/mol. The van der Waals surface area contributed by atoms with Crippen LogP contribution in [0.3, 0.4) is 0 Å². The molecule has 1 N–H and O–H groups in total. The molecule has 14 heavy (non-hydrogen) atoms. The third kappa shape index (κ3) is 3.95. The van der Waals surface area contributed by atoms with Crippen molar-refractivity contribution in [3.63, 3.8) is 0 Å². The molecule has 3 nitrogen and oxygen atoms in total. The fourth-order valence-electron chi connectivity index (χ4n) is 1.97. The summed E-state index contributed by atoms with van der Waals surface area (Å²) in [7, 11) is 1.76. The summed E-state index contributed by atoms with van der Waals surface area (Å²) < 4.78 is 10.7. The smallest absolute Gasteiger partial charge is 0.0615 e. The Kier molecular flexibility index (Phi) is 5.45. The van der Waals surface area contributed by atoms with Gasteiger partial charge in [-0.3, -0.25) is 0 Å². The van der Waals surface area contributed by atoms with Crippen molar-refractivity contribution >= 4 is 0 Å². The molecule has 3 atom stereocenters. The zero-order chi connectivity index (χ0) is 10.4. The molecule has 84 valence electrons. The second-order valence-electron chi connectivity index (χ2n) is 4.13. The van der Waals surface area contributed by atoms with Gasteiger partial charge in [-0.15, -0.1) is 0 Å². The minimum absolute atomic E-state index is 0.404. The molecule has 1 rings (SSSR count). The van der Waals surface area contributed by atoms with Gasteiger partial charge in [0.05, 0.1) is 12.7 Å². The number of nitrogens with one attached hydrogen (secondary N) is 1. The molecule has 0 bridgehead atoms. The third-order valence-electron chi connectivity index (χ3n) is 2.82. The summed E-state index contributed by atoms with van der Waals surface area (Å²) in [6, 6.07) is 1.11. The van der Waals surface area contributed by atoms with Crippen LogP contribution in [0.1, 0.15) is 33.1 Å². The van der Waals surface area contributed by atoms with Crippen LogP contribution in [0.5, 0.6) is 0 Å². The minimum Gasteiger partial charge on any atom is -0.383 e. The zero-order valence-corrected chi connectivity index (χ0v) is 9.58. The van der Waals surface area contributed by atoms with Gasteiger partial charge in [-0.25, -0.2) is 0 Å². The van der Waals surface area contributed by atoms with Gasteiger partial charge in [0.2, 0.25) is 0 Å². The lowest BCUT2D eigenvalue weighted by atomic mass is 10.0. The third-order valence-corrected chi connectivity index (χ3v) is 2.82. The highest BCUT2D eigenvalue weighted by molar-refractivity contribution is 4.78. The SMILES string of the molecule is CCC(COC)NC1CCOC(C)C1. The first-order valence-corrected chi connectivity index (χ1v) is 5.62. The van der Waals surface area contributed by atoms with E-state index in [0.717, 1.165) is 32.5 Å². The average Bonchev–Trinajstić information content (AvgIpc) is 2.17. The van der Waals surface area contributed by atoms with E-state index >= 15 is 0 Å². The first kappa shape index (κ1) is 12.0. The van der Waals surface area contributed by atoms with Gasteiger partial charge in [0.1, 0.15) is 0 Å². The van der Waals surface area contributed by atoms with Crippen LogP contribution in [-0.4, -0.2) is 38.5 Å². The van der Waals surface area contributed by atoms with E-state index in [9.17, 15) is 0 Å². The Hall–Kier alpha value is -0.120. The number of hydrogen-bond donors (Lipinski definition) is 1. The molecular weight excluding hydrogens is 178 g/mol. The summed E-state index contributed by atoms with van der Waals surface area (Å²) in [4.78, 5) is 0. The molecule has 0 aromatic carbocycles. The van der Waals surface area contributed by atoms with Crippen molar-refractivity contribution in [3.05, 3.63) is 0 Å². The fraction of sp³-hybridized carbons (Fsp3) is 1.00. The monoisotopic (exact) mass is 201 g/mol. The Morgan fingerprint density at radius 3 is 2.93 bits per heavy atom. The van der Waals surface area contributed by atoms with Crippen molar-refractivity contribution in [1.29, 1.82) is 0 Å². The van der Waals surface area contributed by atoms with Crippen LogP contribution in [0.25, 0.3) is 0 Å². The summed E-state index contributed by atoms with van der Waals surface area (Å²) in [5.74, 6) is 0. The zero-order valence-electron chi connectivity index (χ0n) is 9.58. The van der Waals surface area contributed by atoms with Gasteiger partial charge in [0.25, 0.3) is 0 Å². The fourth-order valence-corrected chi connectivity index (χ4v) is 1.97. The van der Waals surface area contributed by atoms with Crippen LogP contribution in [0.15, 0.2) is 0 Å². The minimum atomic E-state index is 0.404. The predicted molar refractivity (Wildman–Crippen MR) is 57.5 cm³/mol. The maximum Gasteiger partial charge on any atom is 0.0615 e. The second kappa shape index (κ2) is 6.38. The maximum absolute atomic E-state index is 5.51. The number of ether oxygens (including phenoxy) is 2. The summed E-state index contributed by atoms with van der Waals surface area (Å²) in [5.41, 5.74) is 0. The standard InChI is InChI=1S/C11H23NO2/c1-4-10(8-13-3)12-11-5-6-14-9(2)7-11/h9-12H,4-8H2,1-3H3. The molecule has 1 aliphatic heterocycles. The molecule has 0 aromatic rings. The Morgan fingerprint density at radius 1 is 1.57 bits per heavy atom. The topological polar surface area (TPSA) is 30.5 Å². The molecule has 0 saturated carbocycles. The van der Waals surface area contributed by atoms with Crippen LogP contribution in [0.2, 0.25) is 0 Å². The van der Waals surface area contributed by atoms with Crippen LogP contribution in [-0.2, 0) is 9.47 Å². The Labute approximate surface area is 87.2 Å². The van der Waals surface area contributed by atoms with Gasteiger partial charge in [0, 0.05) is 25.8 Å². The van der Waals surface area contributed by atoms with Crippen molar-refractivity contribution < 1.29 is 9.47 Å². The first-order chi connectivity index (χ1) is 6.76. The Bertz CT molecular complexity index is 152. The van der Waals surface area contributed by atoms with Gasteiger partial charge < -0.3 is 14.8 Å². The number of hydrogen-bond acceptors (Lipinski definition) is 3. The summed E-state index contributed by atoms with van der Waals surface area (Å²) >= 11 is 0. The van der Waals surface area contributed by atoms with E-state index in [2.05, 4.69) is 19.2 Å². The molecule has 1 heterocycles. The van der Waals surface area contributed by atoms with Crippen molar-refractivity contribution in [2.45, 2.75) is 51.3 Å². The molecule has 0 aromatic heterocycles. The van der Waals surface area contributed by atoms with E-state index in [4.69, 9.17) is 9.47 Å². The van der Waals surface area contributed by atoms with Gasteiger partial charge >= 0.3 is 0 Å². The highest BCUT2D eigenvalue weighted by atomic mass is 16.5. The number of rotatable bonds is 5. The van der Waals surface area contributed by atoms with Crippen molar-refractivity contribution in [3.8, 4) is 0 Å². The molecule has 1 aliphatic rings. The molecule has 3 unspecified atom stereocenters. The first-order valence-electron chi connectivity index (χ1n) is 5.62. The van der Waals surface area contributed by atoms with Crippen LogP contribution < -0.4 is 5.32 Å². The summed E-state index contributed by atoms with van der Waals surface area (Å²) in [6.07, 6.45) is 3.78. The Morgan fingerprint density at radius 2 is 2.36 bits per heavy atom. The molecule has 0 spiro atoms. The normalized spacial score (nSPS) is 30.2. The van der Waals surface area contributed by atoms with E-state index in [1.54, 1.807) is 7.11 Å². The lowest BCUT2D eigenvalue weighted by Crippen LogP contribution is -2.45. The van der Waals surface area contributed by atoms with Crippen LogP contribution in [0.4, 0.5) is 0 Å². The van der Waals surface area contributed by atoms with E-state index < -0.39 is 0 Å². The highest BCUT2D eigenvalue weighted by Gasteiger charge is 2.21. The van der Waals surface area contributed by atoms with Crippen molar-refractivity contribution in [2.75, 3.05) is 20.3 Å². The molecule has 0 radical (unpaired) electrons. The molecule has 3 heteroatoms. The van der Waals surface area contributed by atoms with Gasteiger partial charge in [-0.2, -0.15) is 0 Å². The molecule has 1 saturated heterocycles. The number of methoxy groups -OCH3 is 1. The van der Waals surface area contributed by atoms with Gasteiger partial charge in [-0.1, -0.05) is 6.92 Å². The van der Waals surface area contributed by atoms with Gasteiger partial charge in [0.15, 0.2) is 0 Å². The van der Waals surface area contributed by atoms with E-state index in [1.165, 1.54) is 0 Å². The van der Waals surface area contributed by atoms with Crippen LogP contribution >= 0.6 is 0 Å². The predicted octanol–water partition coefficient (Wildman–Crippen LogP) is 1.57. The van der Waals surface area contributed by atoms with Crippen LogP contribution in [0, 0.1) is 0 Å². The lowest BCUT2D eigenvalue weighted by molar-refractivity contribution is 0.00872. The van der Waals surface area contributed by atoms with Crippen molar-refractivity contribution in [2.24, 2.45) is 0 Å². The quantitative estimate of drug-likeness (QED) is 0.732. The lowest BCUT2D eigenvalue weighted by Gasteiger charge is -2.31. The molecule has 0 aliphatic carbocycles. The van der Waals surface area contributed by atoms with E-state index in [0.29, 0.717) is 18.2 Å². The van der Waals surface area contributed by atoms with Crippen molar-refractivity contribution in [1.82, 2.24) is 5.32 Å². The molecular formula is C11H23NO2. The molecule has 1 fully saturated rings. The van der Waals surface area contributed by atoms with E-state index in [-0.39, 0.29) is 0 Å². The molecule has 0 amide bonds. The maximum atomic E-state index is 5.51. The van der Waals surface area contributed by atoms with Gasteiger partial charge in [-0.05, 0) is 26.2 Å². The second-order valence-corrected chi connectivity index (χ2v) is 4.13.